The molecule has 0 saturated carbocycles. The van der Waals surface area contributed by atoms with Crippen molar-refractivity contribution in [3.63, 3.8) is 0 Å². The van der Waals surface area contributed by atoms with Gasteiger partial charge in [-0.2, -0.15) is 0 Å². The Balaban J connectivity index is 1.54. The summed E-state index contributed by atoms with van der Waals surface area (Å²) in [6.45, 7) is 0.409. The Morgan fingerprint density at radius 3 is 2.58 bits per heavy atom. The van der Waals surface area contributed by atoms with Gasteiger partial charge in [0.1, 0.15) is 17.6 Å². The van der Waals surface area contributed by atoms with Crippen LogP contribution in [0.3, 0.4) is 0 Å². The van der Waals surface area contributed by atoms with Gasteiger partial charge in [0.2, 0.25) is 15.9 Å². The molecule has 3 amide bonds. The lowest BCUT2D eigenvalue weighted by molar-refractivity contribution is -0.121. The SMILES string of the molecule is COc1cc(-c2ccccc2NS(C)(=O)=O)ccc1N1CCCC(NC(=O)Nc2ccc(Cl)cc2F)C1=O. The van der Waals surface area contributed by atoms with Crippen LogP contribution in [0.2, 0.25) is 5.02 Å². The second-order valence-corrected chi connectivity index (χ2v) is 10.9. The predicted molar refractivity (Wildman–Crippen MR) is 146 cm³/mol. The number of sulfonamides is 1. The minimum atomic E-state index is -3.50. The van der Waals surface area contributed by atoms with Gasteiger partial charge in [-0.25, -0.2) is 17.6 Å². The molecule has 0 spiro atoms. The third kappa shape index (κ3) is 6.35. The standard InChI is InChI=1S/C26H26ClFN4O5S/c1-37-24-14-16(18-6-3-4-7-20(18)31-38(2,35)36)9-12-23(24)32-13-5-8-22(25(32)33)30-26(34)29-21-11-10-17(27)15-19(21)28/h3-4,6-7,9-12,14-15,22,31H,5,8,13H2,1-2H3,(H2,29,30,34). The molecular weight excluding hydrogens is 535 g/mol. The Hall–Kier alpha value is -3.83. The Labute approximate surface area is 225 Å². The maximum Gasteiger partial charge on any atom is 0.319 e. The van der Waals surface area contributed by atoms with Crippen LogP contribution < -0.4 is 25.0 Å². The van der Waals surface area contributed by atoms with Crippen LogP contribution in [-0.2, 0) is 14.8 Å². The van der Waals surface area contributed by atoms with Gasteiger partial charge in [0.25, 0.3) is 0 Å². The summed E-state index contributed by atoms with van der Waals surface area (Å²) in [4.78, 5) is 27.3. The van der Waals surface area contributed by atoms with Crippen LogP contribution in [0, 0.1) is 5.82 Å². The number of carbonyl (C=O) groups excluding carboxylic acids is 2. The Kier molecular flexibility index (Phi) is 8.08. The normalized spacial score (nSPS) is 15.6. The van der Waals surface area contributed by atoms with Gasteiger partial charge < -0.3 is 20.3 Å². The molecule has 1 unspecified atom stereocenters. The number of piperidine rings is 1. The lowest BCUT2D eigenvalue weighted by atomic mass is 10.0. The number of nitrogens with zero attached hydrogens (tertiary/aromatic N) is 1. The molecule has 3 aromatic rings. The van der Waals surface area contributed by atoms with E-state index in [0.29, 0.717) is 47.6 Å². The van der Waals surface area contributed by atoms with E-state index in [-0.39, 0.29) is 16.6 Å². The van der Waals surface area contributed by atoms with E-state index in [1.165, 1.54) is 24.1 Å². The first-order valence-electron chi connectivity index (χ1n) is 11.6. The van der Waals surface area contributed by atoms with Crippen molar-refractivity contribution in [2.45, 2.75) is 18.9 Å². The summed E-state index contributed by atoms with van der Waals surface area (Å²) >= 11 is 5.75. The fraction of sp³-hybridized carbons (Fsp3) is 0.231. The minimum absolute atomic E-state index is 0.0603. The van der Waals surface area contributed by atoms with Crippen molar-refractivity contribution in [3.05, 3.63) is 71.5 Å². The molecule has 38 heavy (non-hydrogen) atoms. The average molecular weight is 561 g/mol. The molecule has 0 aromatic heterocycles. The lowest BCUT2D eigenvalue weighted by Gasteiger charge is -2.33. The lowest BCUT2D eigenvalue weighted by Crippen LogP contribution is -2.53. The molecule has 0 aliphatic carbocycles. The van der Waals surface area contributed by atoms with Crippen molar-refractivity contribution in [2.24, 2.45) is 0 Å². The molecule has 1 aliphatic heterocycles. The highest BCUT2D eigenvalue weighted by atomic mass is 35.5. The van der Waals surface area contributed by atoms with Gasteiger partial charge in [-0.05, 0) is 54.8 Å². The summed E-state index contributed by atoms with van der Waals surface area (Å²) in [5, 5.41) is 5.21. The van der Waals surface area contributed by atoms with Gasteiger partial charge in [-0.15, -0.1) is 0 Å². The topological polar surface area (TPSA) is 117 Å². The molecule has 1 aliphatic rings. The van der Waals surface area contributed by atoms with E-state index < -0.39 is 27.9 Å². The van der Waals surface area contributed by atoms with Gasteiger partial charge >= 0.3 is 6.03 Å². The molecule has 3 aromatic carbocycles. The number of rotatable bonds is 7. The first-order chi connectivity index (χ1) is 18.1. The monoisotopic (exact) mass is 560 g/mol. The first-order valence-corrected chi connectivity index (χ1v) is 13.9. The van der Waals surface area contributed by atoms with E-state index in [1.54, 1.807) is 42.5 Å². The maximum absolute atomic E-state index is 14.0. The molecule has 9 nitrogen and oxygen atoms in total. The van der Waals surface area contributed by atoms with Crippen molar-refractivity contribution in [3.8, 4) is 16.9 Å². The van der Waals surface area contributed by atoms with Crippen LogP contribution >= 0.6 is 11.6 Å². The summed E-state index contributed by atoms with van der Waals surface area (Å²) in [7, 11) is -2.02. The third-order valence-electron chi connectivity index (χ3n) is 5.93. The number of anilines is 3. The van der Waals surface area contributed by atoms with Crippen molar-refractivity contribution < 1.29 is 27.1 Å². The number of amides is 3. The molecule has 0 bridgehead atoms. The van der Waals surface area contributed by atoms with E-state index >= 15 is 0 Å². The van der Waals surface area contributed by atoms with Crippen molar-refractivity contribution in [1.29, 1.82) is 0 Å². The number of urea groups is 1. The summed E-state index contributed by atoms with van der Waals surface area (Å²) in [6, 6.07) is 14.4. The molecule has 4 rings (SSSR count). The number of hydrogen-bond donors (Lipinski definition) is 3. The molecule has 3 N–H and O–H groups in total. The molecule has 1 atom stereocenters. The highest BCUT2D eigenvalue weighted by Crippen LogP contribution is 2.37. The summed E-state index contributed by atoms with van der Waals surface area (Å²) in [5.74, 6) is -0.631. The van der Waals surface area contributed by atoms with Crippen LogP contribution in [0.1, 0.15) is 12.8 Å². The van der Waals surface area contributed by atoms with E-state index in [4.69, 9.17) is 16.3 Å². The summed E-state index contributed by atoms with van der Waals surface area (Å²) in [6.07, 6.45) is 2.10. The third-order valence-corrected chi connectivity index (χ3v) is 6.75. The zero-order chi connectivity index (χ0) is 27.4. The second-order valence-electron chi connectivity index (χ2n) is 8.71. The zero-order valence-corrected chi connectivity index (χ0v) is 22.2. The van der Waals surface area contributed by atoms with Crippen LogP contribution in [-0.4, -0.2) is 46.3 Å². The number of nitrogens with one attached hydrogen (secondary N) is 3. The first kappa shape index (κ1) is 27.2. The summed E-state index contributed by atoms with van der Waals surface area (Å²) in [5.41, 5.74) is 2.17. The number of hydrogen-bond acceptors (Lipinski definition) is 5. The fourth-order valence-electron chi connectivity index (χ4n) is 4.25. The van der Waals surface area contributed by atoms with Gasteiger partial charge in [0.05, 0.1) is 30.4 Å². The highest BCUT2D eigenvalue weighted by molar-refractivity contribution is 7.92. The molecule has 12 heteroatoms. The second kappa shape index (κ2) is 11.3. The van der Waals surface area contributed by atoms with Gasteiger partial charge in [-0.1, -0.05) is 35.9 Å². The largest absolute Gasteiger partial charge is 0.495 e. The van der Waals surface area contributed by atoms with E-state index in [9.17, 15) is 22.4 Å². The smallest absolute Gasteiger partial charge is 0.319 e. The predicted octanol–water partition coefficient (Wildman–Crippen LogP) is 4.84. The number of benzene rings is 3. The van der Waals surface area contributed by atoms with E-state index in [0.717, 1.165) is 12.3 Å². The number of methoxy groups -OCH3 is 1. The molecular formula is C26H26ClFN4O5S. The van der Waals surface area contributed by atoms with Gasteiger partial charge in [0.15, 0.2) is 0 Å². The minimum Gasteiger partial charge on any atom is -0.495 e. The number of halogens is 2. The van der Waals surface area contributed by atoms with Gasteiger partial charge in [-0.3, -0.25) is 9.52 Å². The Morgan fingerprint density at radius 2 is 1.87 bits per heavy atom. The quantitative estimate of drug-likeness (QED) is 0.382. The molecule has 1 fully saturated rings. The summed E-state index contributed by atoms with van der Waals surface area (Å²) < 4.78 is 45.7. The van der Waals surface area contributed by atoms with E-state index in [1.807, 2.05) is 0 Å². The van der Waals surface area contributed by atoms with Crippen molar-refractivity contribution in [2.75, 3.05) is 34.8 Å². The molecule has 1 heterocycles. The zero-order valence-electron chi connectivity index (χ0n) is 20.6. The highest BCUT2D eigenvalue weighted by Gasteiger charge is 2.32. The molecule has 1 saturated heterocycles. The Bertz CT molecular complexity index is 1480. The number of carbonyl (C=O) groups is 2. The Morgan fingerprint density at radius 1 is 1.11 bits per heavy atom. The van der Waals surface area contributed by atoms with E-state index in [2.05, 4.69) is 15.4 Å². The number of para-hydroxylation sites is 1. The molecule has 0 radical (unpaired) electrons. The van der Waals surface area contributed by atoms with Crippen LogP contribution in [0.4, 0.5) is 26.2 Å². The van der Waals surface area contributed by atoms with Crippen molar-refractivity contribution in [1.82, 2.24) is 5.32 Å². The van der Waals surface area contributed by atoms with Crippen molar-refractivity contribution >= 4 is 50.6 Å². The van der Waals surface area contributed by atoms with Crippen LogP contribution in [0.25, 0.3) is 11.1 Å². The average Bonchev–Trinajstić information content (AvgIpc) is 2.86. The van der Waals surface area contributed by atoms with Crippen LogP contribution in [0.15, 0.2) is 60.7 Å². The van der Waals surface area contributed by atoms with Crippen LogP contribution in [0.5, 0.6) is 5.75 Å². The number of ether oxygens (including phenoxy) is 1. The molecule has 200 valence electrons. The fourth-order valence-corrected chi connectivity index (χ4v) is 4.98. The maximum atomic E-state index is 14.0. The van der Waals surface area contributed by atoms with Gasteiger partial charge in [0, 0.05) is 17.1 Å².